The quantitative estimate of drug-likeness (QED) is 0.159. The molecule has 0 heterocycles. The summed E-state index contributed by atoms with van der Waals surface area (Å²) in [6.07, 6.45) is 11.1. The van der Waals surface area contributed by atoms with Gasteiger partial charge in [0.05, 0.1) is 43.9 Å². The van der Waals surface area contributed by atoms with E-state index < -0.39 is 35.7 Å². The van der Waals surface area contributed by atoms with E-state index >= 15 is 0 Å². The van der Waals surface area contributed by atoms with Crippen molar-refractivity contribution in [2.24, 2.45) is 17.8 Å². The fourth-order valence-corrected chi connectivity index (χ4v) is 4.02. The molecule has 0 aromatic carbocycles. The van der Waals surface area contributed by atoms with Gasteiger partial charge < -0.3 is 19.8 Å². The second-order valence-electron chi connectivity index (χ2n) is 9.79. The van der Waals surface area contributed by atoms with Gasteiger partial charge in [-0.15, -0.1) is 0 Å². The number of carboxylic acid groups (broad SMARTS) is 3. The van der Waals surface area contributed by atoms with Crippen LogP contribution in [-0.4, -0.2) is 63.9 Å². The highest BCUT2D eigenvalue weighted by Crippen LogP contribution is 2.22. The SMILES string of the molecule is CCCCCCCCCC[N+](CCC(C)C(=O)O)(CCC(C)C(=O)O)CCC(C)C(=O)O. The van der Waals surface area contributed by atoms with Crippen LogP contribution >= 0.6 is 0 Å². The lowest BCUT2D eigenvalue weighted by Crippen LogP contribution is -2.52. The summed E-state index contributed by atoms with van der Waals surface area (Å²) in [5.41, 5.74) is 0. The molecule has 0 aliphatic rings. The topological polar surface area (TPSA) is 112 Å². The minimum atomic E-state index is -0.826. The summed E-state index contributed by atoms with van der Waals surface area (Å²) < 4.78 is 0.614. The lowest BCUT2D eigenvalue weighted by molar-refractivity contribution is -0.929. The summed E-state index contributed by atoms with van der Waals surface area (Å²) in [7, 11) is 0. The van der Waals surface area contributed by atoms with Crippen LogP contribution in [0.5, 0.6) is 0 Å². The largest absolute Gasteiger partial charge is 0.481 e. The highest BCUT2D eigenvalue weighted by molar-refractivity contribution is 5.70. The predicted octanol–water partition coefficient (Wildman–Crippen LogP) is 5.28. The molecule has 32 heavy (non-hydrogen) atoms. The van der Waals surface area contributed by atoms with E-state index in [1.165, 1.54) is 38.5 Å². The molecule has 7 heteroatoms. The molecule has 0 saturated carbocycles. The molecule has 0 rings (SSSR count). The van der Waals surface area contributed by atoms with Crippen LogP contribution in [0.3, 0.4) is 0 Å². The number of unbranched alkanes of at least 4 members (excludes halogenated alkanes) is 7. The molecule has 7 nitrogen and oxygen atoms in total. The van der Waals surface area contributed by atoms with Gasteiger partial charge in [-0.2, -0.15) is 0 Å². The van der Waals surface area contributed by atoms with Crippen LogP contribution in [0.1, 0.15) is 98.3 Å². The highest BCUT2D eigenvalue weighted by Gasteiger charge is 2.31. The molecule has 0 aromatic heterocycles. The Morgan fingerprint density at radius 3 is 1.19 bits per heavy atom. The third-order valence-corrected chi connectivity index (χ3v) is 6.86. The number of carbonyl (C=O) groups is 3. The van der Waals surface area contributed by atoms with Crippen molar-refractivity contribution in [2.75, 3.05) is 26.2 Å². The van der Waals surface area contributed by atoms with Gasteiger partial charge in [-0.05, 0) is 12.8 Å². The van der Waals surface area contributed by atoms with Gasteiger partial charge in [-0.1, -0.05) is 66.2 Å². The van der Waals surface area contributed by atoms with Gasteiger partial charge in [-0.3, -0.25) is 14.4 Å². The van der Waals surface area contributed by atoms with Crippen molar-refractivity contribution < 1.29 is 34.2 Å². The Kier molecular flexibility index (Phi) is 16.1. The monoisotopic (exact) mass is 458 g/mol. The molecule has 188 valence electrons. The van der Waals surface area contributed by atoms with Gasteiger partial charge in [0, 0.05) is 19.3 Å². The predicted molar refractivity (Wildman–Crippen MR) is 127 cm³/mol. The maximum absolute atomic E-state index is 11.4. The Hall–Kier alpha value is -1.63. The Labute approximate surface area is 194 Å². The van der Waals surface area contributed by atoms with E-state index in [4.69, 9.17) is 0 Å². The number of carboxylic acids is 3. The minimum absolute atomic E-state index is 0.472. The van der Waals surface area contributed by atoms with E-state index in [1.807, 2.05) is 0 Å². The van der Waals surface area contributed by atoms with Gasteiger partial charge in [0.1, 0.15) is 0 Å². The van der Waals surface area contributed by atoms with Crippen LogP contribution in [0.15, 0.2) is 0 Å². The first-order chi connectivity index (χ1) is 15.0. The zero-order valence-corrected chi connectivity index (χ0v) is 20.9. The smallest absolute Gasteiger partial charge is 0.306 e. The van der Waals surface area contributed by atoms with Gasteiger partial charge in [0.2, 0.25) is 0 Å². The molecular weight excluding hydrogens is 410 g/mol. The lowest BCUT2D eigenvalue weighted by Gasteiger charge is -2.40. The standard InChI is InChI=1S/C25H47NO6/c1-5-6-7-8-9-10-11-12-16-26(17-13-20(2)23(27)28,18-14-21(3)24(29)30)19-15-22(4)25(31)32/h20-22H,5-19H2,1-4H3,(H2-,27,28,29,30,31,32)/p+1. The molecule has 3 unspecified atom stereocenters. The number of quaternary nitrogens is 1. The molecule has 0 amide bonds. The van der Waals surface area contributed by atoms with Crippen molar-refractivity contribution in [2.45, 2.75) is 98.3 Å². The Bertz CT molecular complexity index is 491. The number of nitrogens with zero attached hydrogens (tertiary/aromatic N) is 1. The van der Waals surface area contributed by atoms with Crippen LogP contribution in [0, 0.1) is 17.8 Å². The molecule has 0 aliphatic heterocycles. The first-order valence-electron chi connectivity index (χ1n) is 12.6. The molecule has 0 aliphatic carbocycles. The fraction of sp³-hybridized carbons (Fsp3) is 0.880. The van der Waals surface area contributed by atoms with Crippen LogP contribution in [0.4, 0.5) is 0 Å². The van der Waals surface area contributed by atoms with Crippen molar-refractivity contribution in [1.82, 2.24) is 0 Å². The van der Waals surface area contributed by atoms with E-state index in [1.54, 1.807) is 20.8 Å². The third-order valence-electron chi connectivity index (χ3n) is 6.86. The first-order valence-corrected chi connectivity index (χ1v) is 12.6. The van der Waals surface area contributed by atoms with Crippen molar-refractivity contribution >= 4 is 17.9 Å². The molecule has 3 N–H and O–H groups in total. The van der Waals surface area contributed by atoms with Gasteiger partial charge in [-0.25, -0.2) is 0 Å². The van der Waals surface area contributed by atoms with E-state index in [9.17, 15) is 29.7 Å². The van der Waals surface area contributed by atoms with Gasteiger partial charge >= 0.3 is 17.9 Å². The molecular formula is C25H48NO6+. The molecule has 0 radical (unpaired) electrons. The van der Waals surface area contributed by atoms with Crippen molar-refractivity contribution in [3.63, 3.8) is 0 Å². The summed E-state index contributed by atoms with van der Waals surface area (Å²) in [4.78, 5) is 34.1. The minimum Gasteiger partial charge on any atom is -0.481 e. The molecule has 0 aromatic rings. The van der Waals surface area contributed by atoms with E-state index in [2.05, 4.69) is 6.92 Å². The van der Waals surface area contributed by atoms with E-state index in [-0.39, 0.29) is 0 Å². The summed E-state index contributed by atoms with van der Waals surface area (Å²) in [6.45, 7) is 10.1. The molecule has 3 atom stereocenters. The second kappa shape index (κ2) is 16.9. The average Bonchev–Trinajstić information content (AvgIpc) is 2.75. The van der Waals surface area contributed by atoms with Crippen LogP contribution in [-0.2, 0) is 14.4 Å². The Morgan fingerprint density at radius 1 is 0.562 bits per heavy atom. The van der Waals surface area contributed by atoms with Crippen molar-refractivity contribution in [3.05, 3.63) is 0 Å². The zero-order chi connectivity index (χ0) is 24.6. The lowest BCUT2D eigenvalue weighted by atomic mass is 10.0. The van der Waals surface area contributed by atoms with Crippen molar-refractivity contribution in [3.8, 4) is 0 Å². The maximum Gasteiger partial charge on any atom is 0.306 e. The Morgan fingerprint density at radius 2 is 0.875 bits per heavy atom. The first kappa shape index (κ1) is 30.4. The van der Waals surface area contributed by atoms with E-state index in [0.29, 0.717) is 43.4 Å². The average molecular weight is 459 g/mol. The highest BCUT2D eigenvalue weighted by atomic mass is 16.4. The molecule has 0 bridgehead atoms. The maximum atomic E-state index is 11.4. The number of rotatable bonds is 21. The second-order valence-corrected chi connectivity index (χ2v) is 9.79. The van der Waals surface area contributed by atoms with Crippen molar-refractivity contribution in [1.29, 1.82) is 0 Å². The fourth-order valence-electron chi connectivity index (χ4n) is 4.02. The molecule has 0 saturated heterocycles. The van der Waals surface area contributed by atoms with Crippen LogP contribution in [0.25, 0.3) is 0 Å². The zero-order valence-electron chi connectivity index (χ0n) is 20.9. The number of hydrogen-bond donors (Lipinski definition) is 3. The summed E-state index contributed by atoms with van der Waals surface area (Å²) in [6, 6.07) is 0. The molecule has 0 spiro atoms. The van der Waals surface area contributed by atoms with Crippen LogP contribution in [0.2, 0.25) is 0 Å². The summed E-state index contributed by atoms with van der Waals surface area (Å²) in [5.74, 6) is -3.89. The third kappa shape index (κ3) is 13.7. The summed E-state index contributed by atoms with van der Waals surface area (Å²) in [5, 5.41) is 28.0. The number of aliphatic carboxylic acids is 3. The van der Waals surface area contributed by atoms with E-state index in [0.717, 1.165) is 19.4 Å². The molecule has 0 fully saturated rings. The van der Waals surface area contributed by atoms with Gasteiger partial charge in [0.25, 0.3) is 0 Å². The van der Waals surface area contributed by atoms with Crippen LogP contribution < -0.4 is 0 Å². The Balaban J connectivity index is 5.18. The number of hydrogen-bond acceptors (Lipinski definition) is 3. The normalized spacial score (nSPS) is 16.1. The van der Waals surface area contributed by atoms with Gasteiger partial charge in [0.15, 0.2) is 0 Å². The summed E-state index contributed by atoms with van der Waals surface area (Å²) >= 11 is 0.